The normalized spacial score (nSPS) is 10.7. The second-order valence-electron chi connectivity index (χ2n) is 8.36. The summed E-state index contributed by atoms with van der Waals surface area (Å²) in [7, 11) is 0. The lowest BCUT2D eigenvalue weighted by atomic mass is 10.2. The molecule has 4 aromatic carbocycles. The highest BCUT2D eigenvalue weighted by molar-refractivity contribution is 6.30. The molecule has 0 aromatic heterocycles. The number of amides is 1. The van der Waals surface area contributed by atoms with Gasteiger partial charge in [-0.25, -0.2) is 10.2 Å². The van der Waals surface area contributed by atoms with E-state index >= 15 is 0 Å². The van der Waals surface area contributed by atoms with Crippen LogP contribution in [0.4, 0.5) is 0 Å². The lowest BCUT2D eigenvalue weighted by Gasteiger charge is -2.11. The monoisotopic (exact) mass is 558 g/mol. The first-order valence-electron chi connectivity index (χ1n) is 12.5. The molecule has 204 valence electrons. The molecular weight excluding hydrogens is 532 g/mol. The summed E-state index contributed by atoms with van der Waals surface area (Å²) in [6, 6.07) is 28.2. The Morgan fingerprint density at radius 3 is 2.23 bits per heavy atom. The van der Waals surface area contributed by atoms with Gasteiger partial charge in [-0.05, 0) is 84.8 Å². The molecule has 40 heavy (non-hydrogen) atoms. The van der Waals surface area contributed by atoms with Crippen LogP contribution in [0, 0.1) is 0 Å². The average Bonchev–Trinajstić information content (AvgIpc) is 2.98. The van der Waals surface area contributed by atoms with Crippen LogP contribution in [0.5, 0.6) is 23.0 Å². The minimum Gasteiger partial charge on any atom is -0.490 e. The summed E-state index contributed by atoms with van der Waals surface area (Å²) in [5.41, 5.74) is 4.47. The summed E-state index contributed by atoms with van der Waals surface area (Å²) in [5, 5.41) is 4.49. The number of hydrazone groups is 1. The molecular formula is C31H27ClN2O6. The van der Waals surface area contributed by atoms with E-state index in [4.69, 9.17) is 30.5 Å². The van der Waals surface area contributed by atoms with Gasteiger partial charge >= 0.3 is 5.97 Å². The van der Waals surface area contributed by atoms with Gasteiger partial charge in [0.2, 0.25) is 0 Å². The van der Waals surface area contributed by atoms with Gasteiger partial charge < -0.3 is 18.9 Å². The predicted molar refractivity (Wildman–Crippen MR) is 152 cm³/mol. The number of nitrogens with one attached hydrogen (secondary N) is 1. The Bertz CT molecular complexity index is 1440. The van der Waals surface area contributed by atoms with E-state index in [0.717, 1.165) is 5.56 Å². The number of hydrogen-bond donors (Lipinski definition) is 1. The number of nitrogens with zero attached hydrogens (tertiary/aromatic N) is 1. The average molecular weight is 559 g/mol. The van der Waals surface area contributed by atoms with Gasteiger partial charge in [0.15, 0.2) is 18.1 Å². The van der Waals surface area contributed by atoms with Crippen LogP contribution in [0.25, 0.3) is 0 Å². The number of hydrogen-bond acceptors (Lipinski definition) is 7. The third-order valence-electron chi connectivity index (χ3n) is 5.40. The first-order valence-corrected chi connectivity index (χ1v) is 12.8. The maximum Gasteiger partial charge on any atom is 0.343 e. The number of benzene rings is 4. The standard InChI is InChI=1S/C31H27ClN2O6/c1-2-37-29-18-23(8-17-28(29)40-31(36)24-9-11-25(32)12-10-24)19-33-34-30(35)21-39-27-15-13-26(14-16-27)38-20-22-6-4-3-5-7-22/h3-19H,2,20-21H2,1H3,(H,34,35). The minimum absolute atomic E-state index is 0.217. The molecule has 0 heterocycles. The fraction of sp³-hybridized carbons (Fsp3) is 0.129. The van der Waals surface area contributed by atoms with Crippen LogP contribution in [-0.4, -0.2) is 31.3 Å². The molecule has 0 saturated heterocycles. The Kier molecular flexibility index (Phi) is 10.1. The maximum atomic E-state index is 12.5. The van der Waals surface area contributed by atoms with Crippen LogP contribution >= 0.6 is 11.6 Å². The molecule has 1 amide bonds. The highest BCUT2D eigenvalue weighted by Gasteiger charge is 2.13. The van der Waals surface area contributed by atoms with E-state index in [2.05, 4.69) is 10.5 Å². The lowest BCUT2D eigenvalue weighted by Crippen LogP contribution is -2.24. The number of ether oxygens (including phenoxy) is 4. The lowest BCUT2D eigenvalue weighted by molar-refractivity contribution is -0.123. The van der Waals surface area contributed by atoms with Crippen molar-refractivity contribution in [3.63, 3.8) is 0 Å². The van der Waals surface area contributed by atoms with Crippen LogP contribution in [0.1, 0.15) is 28.4 Å². The van der Waals surface area contributed by atoms with Crippen LogP contribution in [0.2, 0.25) is 5.02 Å². The topological polar surface area (TPSA) is 95.5 Å². The number of esters is 1. The Hall–Kier alpha value is -4.82. The summed E-state index contributed by atoms with van der Waals surface area (Å²) in [5.74, 6) is 0.867. The molecule has 8 nitrogen and oxygen atoms in total. The van der Waals surface area contributed by atoms with Crippen molar-refractivity contribution >= 4 is 29.7 Å². The Morgan fingerprint density at radius 2 is 1.52 bits per heavy atom. The fourth-order valence-corrected chi connectivity index (χ4v) is 3.56. The van der Waals surface area contributed by atoms with Gasteiger partial charge in [-0.3, -0.25) is 4.79 Å². The minimum atomic E-state index is -0.541. The molecule has 0 radical (unpaired) electrons. The van der Waals surface area contributed by atoms with Gasteiger partial charge in [0.05, 0.1) is 18.4 Å². The molecule has 4 rings (SSSR count). The summed E-state index contributed by atoms with van der Waals surface area (Å²) in [6.45, 7) is 2.42. The van der Waals surface area contributed by atoms with E-state index < -0.39 is 11.9 Å². The molecule has 0 atom stereocenters. The highest BCUT2D eigenvalue weighted by atomic mass is 35.5. The largest absolute Gasteiger partial charge is 0.490 e. The maximum absolute atomic E-state index is 12.5. The third kappa shape index (κ3) is 8.61. The van der Waals surface area contributed by atoms with Crippen molar-refractivity contribution in [3.05, 3.63) is 119 Å². The van der Waals surface area contributed by atoms with Crippen molar-refractivity contribution in [2.75, 3.05) is 13.2 Å². The predicted octanol–water partition coefficient (Wildman–Crippen LogP) is 6.07. The smallest absolute Gasteiger partial charge is 0.343 e. The third-order valence-corrected chi connectivity index (χ3v) is 5.65. The Morgan fingerprint density at radius 1 is 0.825 bits per heavy atom. The zero-order valence-electron chi connectivity index (χ0n) is 21.7. The van der Waals surface area contributed by atoms with E-state index in [1.165, 1.54) is 6.21 Å². The van der Waals surface area contributed by atoms with Gasteiger partial charge in [0.1, 0.15) is 18.1 Å². The SMILES string of the molecule is CCOc1cc(C=NNC(=O)COc2ccc(OCc3ccccc3)cc2)ccc1OC(=O)c1ccc(Cl)cc1. The van der Waals surface area contributed by atoms with E-state index in [-0.39, 0.29) is 12.4 Å². The molecule has 4 aromatic rings. The quantitative estimate of drug-likeness (QED) is 0.0982. The number of halogens is 1. The van der Waals surface area contributed by atoms with Crippen LogP contribution in [0.15, 0.2) is 102 Å². The Balaban J connectivity index is 1.25. The number of carbonyl (C=O) groups is 2. The molecule has 0 bridgehead atoms. The van der Waals surface area contributed by atoms with E-state index in [0.29, 0.717) is 46.6 Å². The number of rotatable bonds is 12. The van der Waals surface area contributed by atoms with Crippen molar-refractivity contribution < 1.29 is 28.5 Å². The van der Waals surface area contributed by atoms with Crippen molar-refractivity contribution in [3.8, 4) is 23.0 Å². The van der Waals surface area contributed by atoms with Gasteiger partial charge in [-0.15, -0.1) is 0 Å². The molecule has 0 aliphatic rings. The van der Waals surface area contributed by atoms with Gasteiger partial charge in [0, 0.05) is 5.02 Å². The van der Waals surface area contributed by atoms with Gasteiger partial charge in [-0.2, -0.15) is 5.10 Å². The molecule has 0 fully saturated rings. The van der Waals surface area contributed by atoms with Crippen molar-refractivity contribution in [1.82, 2.24) is 5.43 Å². The summed E-state index contributed by atoms with van der Waals surface area (Å²) in [6.07, 6.45) is 1.45. The molecule has 0 unspecified atom stereocenters. The van der Waals surface area contributed by atoms with E-state index in [1.54, 1.807) is 66.7 Å². The molecule has 9 heteroatoms. The first kappa shape index (κ1) is 28.2. The number of carbonyl (C=O) groups excluding carboxylic acids is 2. The van der Waals surface area contributed by atoms with Crippen molar-refractivity contribution in [2.24, 2.45) is 5.10 Å². The van der Waals surface area contributed by atoms with Crippen LogP contribution < -0.4 is 24.4 Å². The van der Waals surface area contributed by atoms with E-state index in [1.807, 2.05) is 37.3 Å². The fourth-order valence-electron chi connectivity index (χ4n) is 3.44. The second-order valence-corrected chi connectivity index (χ2v) is 8.80. The zero-order chi connectivity index (χ0) is 28.2. The molecule has 0 saturated carbocycles. The second kappa shape index (κ2) is 14.4. The van der Waals surface area contributed by atoms with Gasteiger partial charge in [0.25, 0.3) is 5.91 Å². The van der Waals surface area contributed by atoms with Gasteiger partial charge in [-0.1, -0.05) is 41.9 Å². The molecule has 0 aliphatic carbocycles. The molecule has 0 aliphatic heterocycles. The van der Waals surface area contributed by atoms with Crippen LogP contribution in [0.3, 0.4) is 0 Å². The first-order chi connectivity index (χ1) is 19.5. The van der Waals surface area contributed by atoms with Crippen molar-refractivity contribution in [2.45, 2.75) is 13.5 Å². The highest BCUT2D eigenvalue weighted by Crippen LogP contribution is 2.29. The van der Waals surface area contributed by atoms with E-state index in [9.17, 15) is 9.59 Å². The summed E-state index contributed by atoms with van der Waals surface area (Å²) < 4.78 is 22.4. The molecule has 0 spiro atoms. The molecule has 1 N–H and O–H groups in total. The Labute approximate surface area is 237 Å². The summed E-state index contributed by atoms with van der Waals surface area (Å²) >= 11 is 5.88. The zero-order valence-corrected chi connectivity index (χ0v) is 22.5. The van der Waals surface area contributed by atoms with Crippen LogP contribution in [-0.2, 0) is 11.4 Å². The summed E-state index contributed by atoms with van der Waals surface area (Å²) in [4.78, 5) is 24.6. The van der Waals surface area contributed by atoms with Crippen molar-refractivity contribution in [1.29, 1.82) is 0 Å².